The number of morpholine rings is 1. The van der Waals surface area contributed by atoms with Crippen LogP contribution < -0.4 is 0 Å². The molecular formula is C23H36FN3O4S. The Bertz CT molecular complexity index is 889. The molecule has 9 heteroatoms. The highest BCUT2D eigenvalue weighted by Crippen LogP contribution is 2.25. The van der Waals surface area contributed by atoms with Gasteiger partial charge in [0.2, 0.25) is 10.0 Å². The number of hydrogen-bond acceptors (Lipinski definition) is 5. The summed E-state index contributed by atoms with van der Waals surface area (Å²) >= 11 is 0. The summed E-state index contributed by atoms with van der Waals surface area (Å²) in [6.07, 6.45) is 2.15. The van der Waals surface area contributed by atoms with Crippen LogP contribution in [0.1, 0.15) is 50.9 Å². The molecule has 3 rings (SSSR count). The van der Waals surface area contributed by atoms with Crippen LogP contribution in [0.3, 0.4) is 0 Å². The number of carbonyl (C=O) groups excluding carboxylic acids is 1. The second-order valence-electron chi connectivity index (χ2n) is 8.94. The van der Waals surface area contributed by atoms with Crippen molar-refractivity contribution in [3.63, 3.8) is 0 Å². The fraction of sp³-hybridized carbons (Fsp3) is 0.696. The Hall–Kier alpha value is -1.55. The number of carbonyl (C=O) groups is 1. The van der Waals surface area contributed by atoms with Gasteiger partial charge in [-0.05, 0) is 50.8 Å². The maximum atomic E-state index is 14.5. The zero-order valence-corrected chi connectivity index (χ0v) is 20.4. The Labute approximate surface area is 191 Å². The lowest BCUT2D eigenvalue weighted by Crippen LogP contribution is -2.48. The Morgan fingerprint density at radius 3 is 2.28 bits per heavy atom. The van der Waals surface area contributed by atoms with E-state index in [2.05, 4.69) is 18.7 Å². The van der Waals surface area contributed by atoms with Crippen molar-refractivity contribution >= 4 is 15.9 Å². The summed E-state index contributed by atoms with van der Waals surface area (Å²) in [4.78, 5) is 17.1. The quantitative estimate of drug-likeness (QED) is 0.614. The van der Waals surface area contributed by atoms with Gasteiger partial charge in [-0.15, -0.1) is 0 Å². The number of nitrogens with zero attached hydrogens (tertiary/aromatic N) is 3. The molecule has 0 saturated carbocycles. The van der Waals surface area contributed by atoms with Crippen molar-refractivity contribution in [2.45, 2.75) is 57.6 Å². The summed E-state index contributed by atoms with van der Waals surface area (Å²) in [6.45, 7) is 12.2. The predicted octanol–water partition coefficient (Wildman–Crippen LogP) is 2.82. The lowest BCUT2D eigenvalue weighted by molar-refractivity contribution is -0.0728. The molecule has 2 aliphatic heterocycles. The lowest BCUT2D eigenvalue weighted by Gasteiger charge is -2.39. The summed E-state index contributed by atoms with van der Waals surface area (Å²) in [5, 5.41) is 0. The van der Waals surface area contributed by atoms with Crippen LogP contribution >= 0.6 is 0 Å². The van der Waals surface area contributed by atoms with Gasteiger partial charge in [0.15, 0.2) is 0 Å². The van der Waals surface area contributed by atoms with Gasteiger partial charge in [-0.2, -0.15) is 4.31 Å². The Balaban J connectivity index is 1.65. The first-order chi connectivity index (χ1) is 15.1. The Morgan fingerprint density at radius 2 is 1.72 bits per heavy atom. The van der Waals surface area contributed by atoms with Crippen LogP contribution in [-0.4, -0.2) is 86.5 Å². The van der Waals surface area contributed by atoms with E-state index in [9.17, 15) is 17.6 Å². The van der Waals surface area contributed by atoms with Gasteiger partial charge in [-0.3, -0.25) is 9.69 Å². The Morgan fingerprint density at radius 1 is 1.12 bits per heavy atom. The van der Waals surface area contributed by atoms with E-state index in [1.54, 1.807) is 18.7 Å². The molecular weight excluding hydrogens is 433 g/mol. The van der Waals surface area contributed by atoms with E-state index in [1.165, 1.54) is 16.4 Å². The van der Waals surface area contributed by atoms with Crippen molar-refractivity contribution in [2.24, 2.45) is 5.92 Å². The minimum Gasteiger partial charge on any atom is -0.373 e. The van der Waals surface area contributed by atoms with Gasteiger partial charge in [0.1, 0.15) is 5.82 Å². The maximum Gasteiger partial charge on any atom is 0.256 e. The first-order valence-electron chi connectivity index (χ1n) is 11.6. The van der Waals surface area contributed by atoms with Gasteiger partial charge in [0.25, 0.3) is 5.91 Å². The van der Waals surface area contributed by atoms with E-state index in [1.807, 2.05) is 0 Å². The molecule has 2 aliphatic rings. The molecule has 2 saturated heterocycles. The fourth-order valence-corrected chi connectivity index (χ4v) is 6.31. The molecule has 32 heavy (non-hydrogen) atoms. The SMILES string of the molecule is CCN(CC)S(=O)(=O)c1ccc(F)c(C(=O)N2CCC(CN3CC(C)OC(C)C3)CC2)c1. The maximum absolute atomic E-state index is 14.5. The third kappa shape index (κ3) is 5.68. The molecule has 0 bridgehead atoms. The van der Waals surface area contributed by atoms with E-state index < -0.39 is 21.7 Å². The number of hydrogen-bond donors (Lipinski definition) is 0. The molecule has 0 aromatic heterocycles. The van der Waals surface area contributed by atoms with Gasteiger partial charge < -0.3 is 9.64 Å². The summed E-state index contributed by atoms with van der Waals surface area (Å²) in [7, 11) is -3.76. The van der Waals surface area contributed by atoms with Crippen molar-refractivity contribution < 1.29 is 22.3 Å². The highest BCUT2D eigenvalue weighted by Gasteiger charge is 2.30. The molecule has 0 radical (unpaired) electrons. The number of rotatable bonds is 7. The normalized spacial score (nSPS) is 23.6. The molecule has 0 aliphatic carbocycles. The summed E-state index contributed by atoms with van der Waals surface area (Å²) < 4.78 is 47.2. The van der Waals surface area contributed by atoms with Crippen LogP contribution in [0.2, 0.25) is 0 Å². The zero-order chi connectivity index (χ0) is 23.5. The smallest absolute Gasteiger partial charge is 0.256 e. The van der Waals surface area contributed by atoms with Crippen LogP contribution in [0.5, 0.6) is 0 Å². The van der Waals surface area contributed by atoms with E-state index in [-0.39, 0.29) is 22.7 Å². The van der Waals surface area contributed by atoms with Crippen molar-refractivity contribution in [1.29, 1.82) is 0 Å². The summed E-state index contributed by atoms with van der Waals surface area (Å²) in [5.74, 6) is -0.645. The minimum absolute atomic E-state index is 0.0450. The summed E-state index contributed by atoms with van der Waals surface area (Å²) in [5.41, 5.74) is -0.174. The molecule has 0 spiro atoms. The van der Waals surface area contributed by atoms with Gasteiger partial charge >= 0.3 is 0 Å². The molecule has 2 unspecified atom stereocenters. The highest BCUT2D eigenvalue weighted by atomic mass is 32.2. The summed E-state index contributed by atoms with van der Waals surface area (Å²) in [6, 6.07) is 3.50. The van der Waals surface area contributed by atoms with Crippen LogP contribution in [-0.2, 0) is 14.8 Å². The largest absolute Gasteiger partial charge is 0.373 e. The molecule has 0 N–H and O–H groups in total. The first kappa shape index (κ1) is 25.1. The number of benzene rings is 1. The average Bonchev–Trinajstić information content (AvgIpc) is 2.74. The molecule has 2 heterocycles. The number of ether oxygens (including phenoxy) is 1. The van der Waals surface area contributed by atoms with Crippen molar-refractivity contribution in [1.82, 2.24) is 14.1 Å². The average molecular weight is 470 g/mol. The fourth-order valence-electron chi connectivity index (χ4n) is 4.83. The molecule has 2 atom stereocenters. The standard InChI is InChI=1S/C23H36FN3O4S/c1-5-27(6-2)32(29,30)20-7-8-22(24)21(13-20)23(28)26-11-9-19(10-12-26)16-25-14-17(3)31-18(4)15-25/h7-8,13,17-19H,5-6,9-12,14-16H2,1-4H3. The van der Waals surface area contributed by atoms with Gasteiger partial charge in [0.05, 0.1) is 22.7 Å². The molecule has 7 nitrogen and oxygen atoms in total. The monoisotopic (exact) mass is 469 g/mol. The van der Waals surface area contributed by atoms with Crippen molar-refractivity contribution in [3.05, 3.63) is 29.6 Å². The van der Waals surface area contributed by atoms with Crippen LogP contribution in [0, 0.1) is 11.7 Å². The van der Waals surface area contributed by atoms with Crippen LogP contribution in [0.4, 0.5) is 4.39 Å². The molecule has 1 aromatic carbocycles. The third-order valence-electron chi connectivity index (χ3n) is 6.42. The lowest BCUT2D eigenvalue weighted by atomic mass is 9.95. The van der Waals surface area contributed by atoms with Crippen molar-refractivity contribution in [3.8, 4) is 0 Å². The number of sulfonamides is 1. The van der Waals surface area contributed by atoms with E-state index in [4.69, 9.17) is 4.74 Å². The van der Waals surface area contributed by atoms with Crippen molar-refractivity contribution in [2.75, 3.05) is 45.8 Å². The van der Waals surface area contributed by atoms with Crippen LogP contribution in [0.15, 0.2) is 23.1 Å². The van der Waals surface area contributed by atoms with E-state index in [0.717, 1.165) is 38.5 Å². The zero-order valence-electron chi connectivity index (χ0n) is 19.6. The highest BCUT2D eigenvalue weighted by molar-refractivity contribution is 7.89. The Kier molecular flexibility index (Phi) is 8.30. The number of halogens is 1. The number of amides is 1. The van der Waals surface area contributed by atoms with Crippen LogP contribution in [0.25, 0.3) is 0 Å². The van der Waals surface area contributed by atoms with E-state index in [0.29, 0.717) is 32.1 Å². The van der Waals surface area contributed by atoms with Gasteiger partial charge in [-0.1, -0.05) is 13.8 Å². The van der Waals surface area contributed by atoms with Gasteiger partial charge in [-0.25, -0.2) is 12.8 Å². The number of likely N-dealkylation sites (tertiary alicyclic amines) is 1. The molecule has 180 valence electrons. The topological polar surface area (TPSA) is 70.2 Å². The molecule has 1 aromatic rings. The third-order valence-corrected chi connectivity index (χ3v) is 8.47. The second kappa shape index (κ2) is 10.6. The minimum atomic E-state index is -3.76. The molecule has 1 amide bonds. The van der Waals surface area contributed by atoms with Gasteiger partial charge in [0, 0.05) is 45.8 Å². The molecule has 2 fully saturated rings. The van der Waals surface area contributed by atoms with E-state index >= 15 is 0 Å². The predicted molar refractivity (Wildman–Crippen MR) is 122 cm³/mol. The second-order valence-corrected chi connectivity index (χ2v) is 10.9. The number of piperidine rings is 1. The first-order valence-corrected chi connectivity index (χ1v) is 13.1.